The molecule has 0 saturated carbocycles. The van der Waals surface area contributed by atoms with E-state index in [-0.39, 0.29) is 9.79 Å². The molecule has 0 radical (unpaired) electrons. The van der Waals surface area contributed by atoms with Crippen LogP contribution in [0.25, 0.3) is 27.1 Å². The third kappa shape index (κ3) is 9.23. The van der Waals surface area contributed by atoms with Crippen LogP contribution in [0.5, 0.6) is 0 Å². The molecule has 0 saturated heterocycles. The number of halogens is 1. The van der Waals surface area contributed by atoms with Gasteiger partial charge in [-0.15, -0.1) is 0 Å². The molecule has 3 aliphatic rings. The van der Waals surface area contributed by atoms with Crippen LogP contribution in [0.1, 0.15) is 54.9 Å². The zero-order chi connectivity index (χ0) is 46.4. The number of hydrogen-bond acceptors (Lipinski definition) is 6. The minimum Gasteiger partial charge on any atom is -0.744 e. The molecule has 1 aliphatic carbocycles. The van der Waals surface area contributed by atoms with Crippen LogP contribution in [-0.4, -0.2) is 54.1 Å². The number of likely N-dealkylation sites (N-methyl/N-ethyl adjacent to an activating group) is 2. The van der Waals surface area contributed by atoms with Crippen molar-refractivity contribution in [2.75, 3.05) is 28.2 Å². The molecule has 0 amide bonds. The Balaban J connectivity index is 0.000000227. The third-order valence-corrected chi connectivity index (χ3v) is 14.9. The average Bonchev–Trinajstić information content (AvgIpc) is 3.77. The first kappa shape index (κ1) is 46.6. The molecule has 11 heteroatoms. The van der Waals surface area contributed by atoms with Crippen molar-refractivity contribution in [2.45, 2.75) is 56.2 Å². The first-order valence-electron chi connectivity index (χ1n) is 21.1. The summed E-state index contributed by atoms with van der Waals surface area (Å²) in [7, 11) is 0.648. The first-order valence-corrected chi connectivity index (χ1v) is 24.3. The van der Waals surface area contributed by atoms with Gasteiger partial charge in [-0.2, -0.15) is 0 Å². The van der Waals surface area contributed by atoms with Crippen molar-refractivity contribution in [3.8, 4) is 0 Å². The molecule has 9 rings (SSSR count). The molecule has 0 bridgehead atoms. The largest absolute Gasteiger partial charge is 0.744 e. The van der Waals surface area contributed by atoms with E-state index in [1.54, 1.807) is 24.3 Å². The Kier molecular flexibility index (Phi) is 13.0. The van der Waals surface area contributed by atoms with E-state index in [0.717, 1.165) is 38.0 Å². The normalized spacial score (nSPS) is 19.0. The Labute approximate surface area is 383 Å². The van der Waals surface area contributed by atoms with E-state index in [4.69, 9.17) is 11.6 Å². The standard InChI is InChI=1S/C39H39ClN2.2C7H8O3S/c1-25-33(41(3,4)35-23-17-27-11-7-9-13-31(27)37(25)35)21-19-29-15-16-30(39(29)40)20-22-34-26(2)38-32-14-10-8-12-28(32)18-24-36(38)42(34,5)6;2*1-6-2-4-7(5-3-6)11(8,9)10/h7-14,17-25H,15-16H2,1-6H3;2*2-5H,1H3,(H,8,9,10)/q+2;;/p-2/b22-20+,29-19+,33-21+;;. The number of rotatable bonds is 5. The summed E-state index contributed by atoms with van der Waals surface area (Å²) in [4.78, 5) is -0.355. The molecule has 330 valence electrons. The van der Waals surface area contributed by atoms with E-state index in [2.05, 4.69) is 139 Å². The molecule has 2 heterocycles. The second-order valence-electron chi connectivity index (χ2n) is 17.5. The van der Waals surface area contributed by atoms with Crippen LogP contribution in [0.15, 0.2) is 183 Å². The first-order chi connectivity index (χ1) is 30.1. The summed E-state index contributed by atoms with van der Waals surface area (Å²) in [6.07, 6.45) is 11.1. The van der Waals surface area contributed by atoms with Gasteiger partial charge in [-0.25, -0.2) is 16.8 Å². The lowest BCUT2D eigenvalue weighted by atomic mass is 9.94. The van der Waals surface area contributed by atoms with E-state index < -0.39 is 20.2 Å². The minimum atomic E-state index is -4.27. The van der Waals surface area contributed by atoms with Crippen molar-refractivity contribution >= 4 is 70.3 Å². The van der Waals surface area contributed by atoms with Crippen LogP contribution in [-0.2, 0) is 20.2 Å². The van der Waals surface area contributed by atoms with Gasteiger partial charge in [0.15, 0.2) is 0 Å². The summed E-state index contributed by atoms with van der Waals surface area (Å²) in [5.41, 5.74) is 13.9. The van der Waals surface area contributed by atoms with Gasteiger partial charge < -0.3 is 9.11 Å². The SMILES string of the molecule is CC1=C(/C=C/C2=C(Cl)C(=C/C=C3\C(C)c4c(ccc5ccccc45)[N+]3(C)C)/CC2)[N+](C)(C)c2ccc3ccccc3c21.Cc1ccc(S(=O)(=O)[O-])cc1.Cc1ccc(S(=O)(=O)[O-])cc1. The second kappa shape index (κ2) is 17.9. The van der Waals surface area contributed by atoms with Crippen LogP contribution in [0, 0.1) is 13.8 Å². The molecule has 0 N–H and O–H groups in total. The molecule has 0 spiro atoms. The number of hydrogen-bond donors (Lipinski definition) is 0. The molecule has 1 unspecified atom stereocenters. The van der Waals surface area contributed by atoms with E-state index in [1.165, 1.54) is 96.4 Å². The van der Waals surface area contributed by atoms with Gasteiger partial charge in [-0.3, -0.25) is 8.97 Å². The van der Waals surface area contributed by atoms with Gasteiger partial charge in [-0.1, -0.05) is 108 Å². The fourth-order valence-corrected chi connectivity index (χ4v) is 10.5. The number of nitrogens with zero attached hydrogens (tertiary/aromatic N) is 2. The smallest absolute Gasteiger partial charge is 0.145 e. The highest BCUT2D eigenvalue weighted by molar-refractivity contribution is 7.86. The topological polar surface area (TPSA) is 114 Å². The molecule has 0 aromatic heterocycles. The average molecular weight is 914 g/mol. The van der Waals surface area contributed by atoms with Gasteiger partial charge >= 0.3 is 0 Å². The number of fused-ring (bicyclic) bond motifs is 6. The summed E-state index contributed by atoms with van der Waals surface area (Å²) in [6, 6.07) is 38.2. The van der Waals surface area contributed by atoms with Crippen molar-refractivity contribution in [3.63, 3.8) is 0 Å². The molecule has 64 heavy (non-hydrogen) atoms. The zero-order valence-corrected chi connectivity index (χ0v) is 39.8. The number of allylic oxidation sites excluding steroid dienone is 9. The van der Waals surface area contributed by atoms with Crippen molar-refractivity contribution < 1.29 is 25.9 Å². The Hall–Kier alpha value is -5.43. The van der Waals surface area contributed by atoms with Gasteiger partial charge in [-0.05, 0) is 116 Å². The lowest BCUT2D eigenvalue weighted by Gasteiger charge is -2.26. The molecule has 2 aliphatic heterocycles. The van der Waals surface area contributed by atoms with Crippen LogP contribution >= 0.6 is 11.6 Å². The van der Waals surface area contributed by atoms with Gasteiger partial charge in [0.05, 0.1) is 49.5 Å². The third-order valence-electron chi connectivity index (χ3n) is 12.7. The van der Waals surface area contributed by atoms with E-state index in [1.807, 2.05) is 13.8 Å². The molecule has 0 fully saturated rings. The van der Waals surface area contributed by atoms with Gasteiger partial charge in [0, 0.05) is 34.4 Å². The Morgan fingerprint density at radius 3 is 1.64 bits per heavy atom. The molecule has 8 nitrogen and oxygen atoms in total. The predicted molar refractivity (Wildman–Crippen MR) is 262 cm³/mol. The van der Waals surface area contributed by atoms with Crippen molar-refractivity contribution in [1.29, 1.82) is 0 Å². The summed E-state index contributed by atoms with van der Waals surface area (Å²) < 4.78 is 63.8. The van der Waals surface area contributed by atoms with Gasteiger partial charge in [0.2, 0.25) is 0 Å². The van der Waals surface area contributed by atoms with Crippen molar-refractivity contribution in [1.82, 2.24) is 8.97 Å². The Morgan fingerprint density at radius 2 is 1.09 bits per heavy atom. The summed E-state index contributed by atoms with van der Waals surface area (Å²) in [5, 5.41) is 6.21. The lowest BCUT2D eigenvalue weighted by Crippen LogP contribution is -2.36. The summed E-state index contributed by atoms with van der Waals surface area (Å²) >= 11 is 7.07. The maximum Gasteiger partial charge on any atom is 0.145 e. The van der Waals surface area contributed by atoms with Gasteiger partial charge in [0.1, 0.15) is 43.0 Å². The van der Waals surface area contributed by atoms with Crippen molar-refractivity contribution in [2.24, 2.45) is 0 Å². The Morgan fingerprint density at radius 1 is 0.594 bits per heavy atom. The van der Waals surface area contributed by atoms with Gasteiger partial charge in [0.25, 0.3) is 0 Å². The highest BCUT2D eigenvalue weighted by Gasteiger charge is 2.42. The number of quaternary nitrogens is 2. The highest BCUT2D eigenvalue weighted by atomic mass is 35.5. The number of aryl methyl sites for hydroxylation is 2. The van der Waals surface area contributed by atoms with Crippen molar-refractivity contribution in [3.05, 3.63) is 195 Å². The summed E-state index contributed by atoms with van der Waals surface area (Å²) in [6.45, 7) is 8.26. The van der Waals surface area contributed by atoms with Crippen LogP contribution in [0.4, 0.5) is 11.4 Å². The highest BCUT2D eigenvalue weighted by Crippen LogP contribution is 2.50. The van der Waals surface area contributed by atoms with E-state index in [9.17, 15) is 25.9 Å². The second-order valence-corrected chi connectivity index (χ2v) is 20.7. The van der Waals surface area contributed by atoms with E-state index >= 15 is 0 Å². The van der Waals surface area contributed by atoms with Crippen LogP contribution in [0.3, 0.4) is 0 Å². The van der Waals surface area contributed by atoms with Crippen LogP contribution in [0.2, 0.25) is 0 Å². The zero-order valence-electron chi connectivity index (χ0n) is 37.4. The molecular weight excluding hydrogens is 860 g/mol. The molecule has 6 aromatic rings. The lowest BCUT2D eigenvalue weighted by molar-refractivity contribution is 0.461. The molecule has 1 atom stereocenters. The summed E-state index contributed by atoms with van der Waals surface area (Å²) in [5.74, 6) is 0.344. The monoisotopic (exact) mass is 912 g/mol. The fraction of sp³-hybridized carbons (Fsp3) is 0.208. The van der Waals surface area contributed by atoms with Crippen LogP contribution < -0.4 is 8.97 Å². The number of benzene rings is 6. The minimum absolute atomic E-state index is 0.178. The molecular formula is C53H53ClN2O6S2. The van der Waals surface area contributed by atoms with E-state index in [0.29, 0.717) is 5.92 Å². The quantitative estimate of drug-likeness (QED) is 0.126. The fourth-order valence-electron chi connectivity index (χ4n) is 9.22. The Bertz CT molecular complexity index is 3120. The maximum atomic E-state index is 10.4. The maximum absolute atomic E-state index is 10.4. The predicted octanol–water partition coefficient (Wildman–Crippen LogP) is 12.1. The molecule has 6 aromatic carbocycles.